The number of sulfonamides is 1. The van der Waals surface area contributed by atoms with E-state index < -0.39 is 10.0 Å². The summed E-state index contributed by atoms with van der Waals surface area (Å²) in [5.74, 6) is 0. The molecule has 0 aliphatic heterocycles. The van der Waals surface area contributed by atoms with E-state index in [4.69, 9.17) is 5.73 Å². The molecule has 0 unspecified atom stereocenters. The molecule has 2 N–H and O–H groups in total. The van der Waals surface area contributed by atoms with Gasteiger partial charge in [0.2, 0.25) is 10.0 Å². The van der Waals surface area contributed by atoms with Crippen LogP contribution in [-0.4, -0.2) is 32.9 Å². The lowest BCUT2D eigenvalue weighted by Crippen LogP contribution is -2.30. The molecule has 7 heteroatoms. The minimum Gasteiger partial charge on any atom is -0.326 e. The fraction of sp³-hybridized carbons (Fsp3) is 0.500. The smallest absolute Gasteiger partial charge is 0.243 e. The van der Waals surface area contributed by atoms with E-state index in [1.54, 1.807) is 54.4 Å². The number of hydrogen-bond donors (Lipinski definition) is 1. The summed E-state index contributed by atoms with van der Waals surface area (Å²) in [7, 11) is -1.72. The van der Waals surface area contributed by atoms with E-state index in [0.29, 0.717) is 24.5 Å². The number of rotatable bonds is 5. The second kappa shape index (κ2) is 9.65. The molecule has 0 aliphatic rings. The molecule has 0 aromatic heterocycles. The van der Waals surface area contributed by atoms with Crippen LogP contribution in [0.3, 0.4) is 0 Å². The summed E-state index contributed by atoms with van der Waals surface area (Å²) in [6.07, 6.45) is 0. The second-order valence-corrected chi connectivity index (χ2v) is 6.41. The van der Waals surface area contributed by atoms with Crippen molar-refractivity contribution in [1.82, 2.24) is 4.31 Å². The van der Waals surface area contributed by atoms with Gasteiger partial charge in [-0.15, -0.1) is 0 Å². The van der Waals surface area contributed by atoms with Gasteiger partial charge in [-0.1, -0.05) is 26.0 Å². The molecule has 19 heavy (non-hydrogen) atoms. The highest BCUT2D eigenvalue weighted by Crippen LogP contribution is 2.15. The predicted molar refractivity (Wildman–Crippen MR) is 85.5 cm³/mol. The van der Waals surface area contributed by atoms with Crippen molar-refractivity contribution in [2.24, 2.45) is 5.73 Å². The average molecular weight is 400 g/mol. The van der Waals surface area contributed by atoms with Gasteiger partial charge < -0.3 is 8.80 Å². The Hall–Kier alpha value is -0.220. The molecule has 1 aromatic carbocycles. The summed E-state index contributed by atoms with van der Waals surface area (Å²) in [6, 6.07) is 6.71. The van der Waals surface area contributed by atoms with Gasteiger partial charge in [0.1, 0.15) is 23.0 Å². The van der Waals surface area contributed by atoms with Crippen molar-refractivity contribution in [3.8, 4) is 0 Å². The van der Waals surface area contributed by atoms with Crippen molar-refractivity contribution in [2.75, 3.05) is 20.2 Å². The van der Waals surface area contributed by atoms with E-state index in [-0.39, 0.29) is 0 Å². The number of nitrogens with two attached hydrogens (primary N) is 1. The molecule has 0 heterocycles. The Bertz CT molecular complexity index is 445. The topological polar surface area (TPSA) is 72.6 Å². The maximum atomic E-state index is 12.1. The van der Waals surface area contributed by atoms with E-state index in [1.165, 1.54) is 4.31 Å². The van der Waals surface area contributed by atoms with Gasteiger partial charge in [-0.05, 0) is 17.7 Å². The van der Waals surface area contributed by atoms with Crippen LogP contribution >= 0.6 is 23.0 Å². The second-order valence-electron chi connectivity index (χ2n) is 3.59. The van der Waals surface area contributed by atoms with Crippen LogP contribution in [0.2, 0.25) is 0 Å². The van der Waals surface area contributed by atoms with Crippen LogP contribution in [0.15, 0.2) is 29.2 Å². The maximum Gasteiger partial charge on any atom is 0.243 e. The predicted octanol–water partition coefficient (Wildman–Crippen LogP) is 2.16. The van der Waals surface area contributed by atoms with Gasteiger partial charge in [0, 0.05) is 26.7 Å². The summed E-state index contributed by atoms with van der Waals surface area (Å²) >= 11 is 1.79. The Balaban J connectivity index is 0.000000982. The molecule has 0 aliphatic carbocycles. The summed E-state index contributed by atoms with van der Waals surface area (Å²) in [5, 5.41) is 0. The molecule has 0 bridgehead atoms. The zero-order valence-electron chi connectivity index (χ0n) is 11.5. The standard InChI is InChI=1S/C11H18N2O2S.CH3IO/c1-3-13(4-2)16(14,15)11-7-5-10(9-12)6-8-11;1-3-2/h5-8H,3-4,9,12H2,1-2H3;1H3. The highest BCUT2D eigenvalue weighted by atomic mass is 127. The first kappa shape index (κ1) is 18.8. The molecule has 0 amide bonds. The first-order chi connectivity index (χ1) is 8.97. The minimum atomic E-state index is -3.33. The minimum absolute atomic E-state index is 0.327. The van der Waals surface area contributed by atoms with Crippen LogP contribution in [0.5, 0.6) is 0 Å². The van der Waals surface area contributed by atoms with Crippen LogP contribution in [0.4, 0.5) is 0 Å². The average Bonchev–Trinajstić information content (AvgIpc) is 2.41. The molecular weight excluding hydrogens is 379 g/mol. The Morgan fingerprint density at radius 2 is 1.63 bits per heavy atom. The van der Waals surface area contributed by atoms with Crippen LogP contribution in [0, 0.1) is 0 Å². The van der Waals surface area contributed by atoms with E-state index in [2.05, 4.69) is 3.07 Å². The van der Waals surface area contributed by atoms with Crippen molar-refractivity contribution < 1.29 is 11.5 Å². The monoisotopic (exact) mass is 400 g/mol. The lowest BCUT2D eigenvalue weighted by atomic mass is 10.2. The fourth-order valence-electron chi connectivity index (χ4n) is 1.51. The first-order valence-electron chi connectivity index (χ1n) is 5.91. The molecule has 110 valence electrons. The normalized spacial score (nSPS) is 11.1. The quantitative estimate of drug-likeness (QED) is 0.769. The van der Waals surface area contributed by atoms with Gasteiger partial charge >= 0.3 is 0 Å². The third-order valence-corrected chi connectivity index (χ3v) is 4.57. The molecule has 0 fully saturated rings. The lowest BCUT2D eigenvalue weighted by Gasteiger charge is -2.18. The highest BCUT2D eigenvalue weighted by molar-refractivity contribution is 14.1. The summed E-state index contributed by atoms with van der Waals surface area (Å²) in [5.41, 5.74) is 6.39. The zero-order valence-corrected chi connectivity index (χ0v) is 14.4. The SMILES string of the molecule is CCN(CC)S(=O)(=O)c1ccc(CN)cc1.COI. The van der Waals surface area contributed by atoms with Crippen LogP contribution < -0.4 is 5.73 Å². The van der Waals surface area contributed by atoms with Crippen LogP contribution in [0.1, 0.15) is 19.4 Å². The number of nitrogens with zero attached hydrogens (tertiary/aromatic N) is 1. The molecule has 0 saturated carbocycles. The van der Waals surface area contributed by atoms with Gasteiger partial charge in [0.25, 0.3) is 0 Å². The van der Waals surface area contributed by atoms with Crippen molar-refractivity contribution >= 4 is 33.0 Å². The van der Waals surface area contributed by atoms with Gasteiger partial charge in [0.05, 0.1) is 4.90 Å². The maximum absolute atomic E-state index is 12.1. The number of hydrogen-bond acceptors (Lipinski definition) is 4. The number of halogens is 1. The molecule has 0 radical (unpaired) electrons. The zero-order chi connectivity index (χ0) is 14.9. The van der Waals surface area contributed by atoms with Crippen molar-refractivity contribution in [2.45, 2.75) is 25.3 Å². The Morgan fingerprint density at radius 1 is 1.21 bits per heavy atom. The van der Waals surface area contributed by atoms with Crippen molar-refractivity contribution in [3.63, 3.8) is 0 Å². The van der Waals surface area contributed by atoms with Gasteiger partial charge in [-0.3, -0.25) is 0 Å². The van der Waals surface area contributed by atoms with Gasteiger partial charge in [-0.2, -0.15) is 4.31 Å². The van der Waals surface area contributed by atoms with Crippen molar-refractivity contribution in [1.29, 1.82) is 0 Å². The van der Waals surface area contributed by atoms with Gasteiger partial charge in [-0.25, -0.2) is 8.42 Å². The van der Waals surface area contributed by atoms with E-state index >= 15 is 0 Å². The van der Waals surface area contributed by atoms with Crippen LogP contribution in [-0.2, 0) is 19.6 Å². The molecule has 1 aromatic rings. The number of benzene rings is 1. The highest BCUT2D eigenvalue weighted by Gasteiger charge is 2.20. The van der Waals surface area contributed by atoms with Crippen molar-refractivity contribution in [3.05, 3.63) is 29.8 Å². The Morgan fingerprint density at radius 3 is 1.95 bits per heavy atom. The fourth-order valence-corrected chi connectivity index (χ4v) is 2.97. The Kier molecular flexibility index (Phi) is 9.54. The summed E-state index contributed by atoms with van der Waals surface area (Å²) < 4.78 is 29.8. The van der Waals surface area contributed by atoms with E-state index in [9.17, 15) is 8.42 Å². The van der Waals surface area contributed by atoms with E-state index in [0.717, 1.165) is 5.56 Å². The molecule has 5 nitrogen and oxygen atoms in total. The van der Waals surface area contributed by atoms with Gasteiger partial charge in [0.15, 0.2) is 0 Å². The third kappa shape index (κ3) is 5.74. The molecule has 0 saturated heterocycles. The Labute approximate surface area is 129 Å². The largest absolute Gasteiger partial charge is 0.326 e. The molecule has 0 atom stereocenters. The lowest BCUT2D eigenvalue weighted by molar-refractivity contribution is 0.445. The summed E-state index contributed by atoms with van der Waals surface area (Å²) in [6.45, 7) is 5.05. The summed E-state index contributed by atoms with van der Waals surface area (Å²) in [4.78, 5) is 0.327. The molecular formula is C12H21IN2O3S. The van der Waals surface area contributed by atoms with Crippen LogP contribution in [0.25, 0.3) is 0 Å². The molecule has 1 rings (SSSR count). The molecule has 0 spiro atoms. The van der Waals surface area contributed by atoms with E-state index in [1.807, 2.05) is 13.8 Å². The first-order valence-corrected chi connectivity index (χ1v) is 8.23. The third-order valence-electron chi connectivity index (χ3n) is 2.50.